The van der Waals surface area contributed by atoms with Gasteiger partial charge in [0, 0.05) is 24.0 Å². The first kappa shape index (κ1) is 18.9. The smallest absolute Gasteiger partial charge is 0.290 e. The molecule has 0 amide bonds. The number of aromatic nitrogens is 2. The van der Waals surface area contributed by atoms with Crippen molar-refractivity contribution in [3.63, 3.8) is 0 Å². The molecule has 8 heteroatoms. The number of ketones is 1. The summed E-state index contributed by atoms with van der Waals surface area (Å²) >= 11 is 0. The highest BCUT2D eigenvalue weighted by molar-refractivity contribution is 6.09. The van der Waals surface area contributed by atoms with Crippen molar-refractivity contribution in [1.82, 2.24) is 20.4 Å². The van der Waals surface area contributed by atoms with E-state index in [1.54, 1.807) is 0 Å². The Bertz CT molecular complexity index is 859. The van der Waals surface area contributed by atoms with Crippen molar-refractivity contribution in [3.8, 4) is 5.75 Å². The fourth-order valence-corrected chi connectivity index (χ4v) is 4.77. The van der Waals surface area contributed by atoms with Crippen LogP contribution in [0, 0.1) is 0 Å². The number of aromatic amines is 1. The highest BCUT2D eigenvalue weighted by atomic mass is 16.5. The fourth-order valence-electron chi connectivity index (χ4n) is 4.77. The Hall–Kier alpha value is -2.45. The number of hydrogen-bond donors (Lipinski definition) is 3. The molecule has 1 unspecified atom stereocenters. The van der Waals surface area contributed by atoms with E-state index in [2.05, 4.69) is 27.5 Å². The number of hydrogen-bond acceptors (Lipinski definition) is 6. The zero-order chi connectivity index (χ0) is 19.7. The number of rotatable bonds is 4. The Labute approximate surface area is 163 Å². The molecule has 1 aliphatic carbocycles. The molecular weight excluding hydrogens is 360 g/mol. The lowest BCUT2D eigenvalue weighted by Gasteiger charge is -2.30. The molecule has 3 aliphatic rings. The number of ether oxygens (including phenoxy) is 1. The Morgan fingerprint density at radius 2 is 2.11 bits per heavy atom. The maximum absolute atomic E-state index is 13.2. The van der Waals surface area contributed by atoms with Gasteiger partial charge in [-0.1, -0.05) is 0 Å². The van der Waals surface area contributed by atoms with Crippen LogP contribution in [0.2, 0.25) is 0 Å². The van der Waals surface area contributed by atoms with Gasteiger partial charge in [-0.3, -0.25) is 19.6 Å². The van der Waals surface area contributed by atoms with Crippen molar-refractivity contribution < 1.29 is 19.4 Å². The second-order valence-corrected chi connectivity index (χ2v) is 7.79. The SMILES string of the molecule is CN1C(C(=O)c2n[nH]c3ccc(OC4CCCC4)cc23)[C@@H]2C[C@@H]1CN2.O=CO. The molecule has 1 saturated carbocycles. The highest BCUT2D eigenvalue weighted by Gasteiger charge is 2.48. The summed E-state index contributed by atoms with van der Waals surface area (Å²) in [5, 5.41) is 18.6. The van der Waals surface area contributed by atoms with Gasteiger partial charge in [0.15, 0.2) is 0 Å². The minimum absolute atomic E-state index is 0.103. The molecule has 3 atom stereocenters. The largest absolute Gasteiger partial charge is 0.490 e. The first-order valence-electron chi connectivity index (χ1n) is 9.84. The van der Waals surface area contributed by atoms with Crippen LogP contribution in [0.1, 0.15) is 42.6 Å². The summed E-state index contributed by atoms with van der Waals surface area (Å²) < 4.78 is 6.11. The summed E-state index contributed by atoms with van der Waals surface area (Å²) in [7, 11) is 2.05. The monoisotopic (exact) mass is 386 g/mol. The van der Waals surface area contributed by atoms with E-state index in [0.717, 1.165) is 42.5 Å². The third-order valence-corrected chi connectivity index (χ3v) is 6.18. The van der Waals surface area contributed by atoms with Crippen LogP contribution in [-0.2, 0) is 4.79 Å². The van der Waals surface area contributed by atoms with Gasteiger partial charge < -0.3 is 15.2 Å². The lowest BCUT2D eigenvalue weighted by Crippen LogP contribution is -2.53. The first-order chi connectivity index (χ1) is 13.6. The summed E-state index contributed by atoms with van der Waals surface area (Å²) in [6, 6.07) is 6.50. The van der Waals surface area contributed by atoms with Crippen LogP contribution in [-0.4, -0.2) is 70.3 Å². The number of carboxylic acid groups (broad SMARTS) is 1. The molecule has 3 N–H and O–H groups in total. The van der Waals surface area contributed by atoms with Crippen molar-refractivity contribution >= 4 is 23.2 Å². The number of fused-ring (bicyclic) bond motifs is 3. The molecule has 1 aromatic heterocycles. The van der Waals surface area contributed by atoms with E-state index < -0.39 is 0 Å². The molecule has 3 heterocycles. The van der Waals surface area contributed by atoms with E-state index in [-0.39, 0.29) is 24.3 Å². The number of carbonyl (C=O) groups excluding carboxylic acids is 1. The van der Waals surface area contributed by atoms with Crippen LogP contribution < -0.4 is 10.1 Å². The van der Waals surface area contributed by atoms with Crippen molar-refractivity contribution in [2.75, 3.05) is 13.6 Å². The summed E-state index contributed by atoms with van der Waals surface area (Å²) in [6.07, 6.45) is 6.08. The van der Waals surface area contributed by atoms with Crippen molar-refractivity contribution in [3.05, 3.63) is 23.9 Å². The Morgan fingerprint density at radius 3 is 2.79 bits per heavy atom. The number of benzene rings is 1. The number of carbonyl (C=O) groups is 2. The molecule has 150 valence electrons. The molecule has 0 spiro atoms. The Balaban J connectivity index is 0.000000604. The van der Waals surface area contributed by atoms with E-state index in [0.29, 0.717) is 17.8 Å². The second-order valence-electron chi connectivity index (χ2n) is 7.79. The quantitative estimate of drug-likeness (QED) is 0.543. The molecule has 3 fully saturated rings. The van der Waals surface area contributed by atoms with Gasteiger partial charge in [-0.25, -0.2) is 0 Å². The molecule has 8 nitrogen and oxygen atoms in total. The Morgan fingerprint density at radius 1 is 1.36 bits per heavy atom. The number of H-pyrrole nitrogens is 1. The molecule has 2 saturated heterocycles. The second kappa shape index (κ2) is 7.89. The predicted molar refractivity (Wildman–Crippen MR) is 104 cm³/mol. The van der Waals surface area contributed by atoms with Crippen molar-refractivity contribution in [2.45, 2.75) is 56.3 Å². The maximum Gasteiger partial charge on any atom is 0.290 e. The van der Waals surface area contributed by atoms with Crippen LogP contribution in [0.3, 0.4) is 0 Å². The predicted octanol–water partition coefficient (Wildman–Crippen LogP) is 1.81. The molecule has 0 radical (unpaired) electrons. The fraction of sp³-hybridized carbons (Fsp3) is 0.550. The highest BCUT2D eigenvalue weighted by Crippen LogP contribution is 2.32. The topological polar surface area (TPSA) is 108 Å². The minimum atomic E-state index is -0.250. The summed E-state index contributed by atoms with van der Waals surface area (Å²) in [5.41, 5.74) is 1.43. The average Bonchev–Trinajstić information content (AvgIpc) is 3.46. The van der Waals surface area contributed by atoms with Gasteiger partial charge in [0.25, 0.3) is 6.47 Å². The van der Waals surface area contributed by atoms with E-state index in [9.17, 15) is 4.79 Å². The van der Waals surface area contributed by atoms with E-state index >= 15 is 0 Å². The van der Waals surface area contributed by atoms with Gasteiger partial charge in [0.05, 0.1) is 17.7 Å². The number of likely N-dealkylation sites (tertiary alicyclic amines) is 1. The number of likely N-dealkylation sites (N-methyl/N-ethyl adjacent to an activating group) is 1. The van der Waals surface area contributed by atoms with Crippen LogP contribution in [0.5, 0.6) is 5.75 Å². The number of piperazine rings is 1. The lowest BCUT2D eigenvalue weighted by atomic mass is 10.0. The van der Waals surface area contributed by atoms with Gasteiger partial charge in [-0.2, -0.15) is 5.10 Å². The van der Waals surface area contributed by atoms with Crippen LogP contribution in [0.15, 0.2) is 18.2 Å². The normalized spacial score (nSPS) is 27.0. The van der Waals surface area contributed by atoms with Crippen LogP contribution in [0.25, 0.3) is 10.9 Å². The molecule has 2 aromatic rings. The first-order valence-corrected chi connectivity index (χ1v) is 9.84. The third-order valence-electron chi connectivity index (χ3n) is 6.18. The molecule has 2 aliphatic heterocycles. The number of nitrogens with zero attached hydrogens (tertiary/aromatic N) is 2. The average molecular weight is 386 g/mol. The third kappa shape index (κ3) is 3.38. The summed E-state index contributed by atoms with van der Waals surface area (Å²) in [5.74, 6) is 0.945. The molecule has 5 rings (SSSR count). The lowest BCUT2D eigenvalue weighted by molar-refractivity contribution is -0.122. The van der Waals surface area contributed by atoms with E-state index in [4.69, 9.17) is 14.6 Å². The van der Waals surface area contributed by atoms with E-state index in [1.165, 1.54) is 12.8 Å². The minimum Gasteiger partial charge on any atom is -0.490 e. The van der Waals surface area contributed by atoms with Gasteiger partial charge in [0.1, 0.15) is 11.4 Å². The molecule has 2 bridgehead atoms. The van der Waals surface area contributed by atoms with Gasteiger partial charge in [-0.05, 0) is 57.4 Å². The van der Waals surface area contributed by atoms with Gasteiger partial charge in [-0.15, -0.1) is 0 Å². The number of nitrogens with one attached hydrogen (secondary N) is 2. The maximum atomic E-state index is 13.2. The number of Topliss-reactive ketones (excluding diaryl/α,β-unsaturated/α-hetero) is 1. The molecule has 1 aromatic carbocycles. The standard InChI is InChI=1S/C19H24N4O2.CH2O2/c1-23-11-8-16(20-10-11)18(23)19(24)17-14-9-13(6-7-15(14)21-22-17)25-12-4-2-3-5-12;2-1-3/h6-7,9,11-12,16,18,20H,2-5,8,10H2,1H3,(H,21,22);1H,(H,2,3)/t11-,16+,18?;/m1./s1. The zero-order valence-corrected chi connectivity index (χ0v) is 15.9. The van der Waals surface area contributed by atoms with Crippen molar-refractivity contribution in [1.29, 1.82) is 0 Å². The summed E-state index contributed by atoms with van der Waals surface area (Å²) in [4.78, 5) is 23.7. The zero-order valence-electron chi connectivity index (χ0n) is 15.9. The van der Waals surface area contributed by atoms with Crippen LogP contribution >= 0.6 is 0 Å². The van der Waals surface area contributed by atoms with Crippen LogP contribution in [0.4, 0.5) is 0 Å². The van der Waals surface area contributed by atoms with Gasteiger partial charge >= 0.3 is 0 Å². The molecule has 28 heavy (non-hydrogen) atoms. The Kier molecular flexibility index (Phi) is 5.32. The van der Waals surface area contributed by atoms with Crippen molar-refractivity contribution in [2.24, 2.45) is 0 Å². The summed E-state index contributed by atoms with van der Waals surface area (Å²) in [6.45, 7) is 0.728. The van der Waals surface area contributed by atoms with Gasteiger partial charge in [0.2, 0.25) is 5.78 Å². The van der Waals surface area contributed by atoms with E-state index in [1.807, 2.05) is 18.2 Å². The molecular formula is C20H26N4O4.